The third-order valence-electron chi connectivity index (χ3n) is 6.37. The highest BCUT2D eigenvalue weighted by Gasteiger charge is 2.54. The number of nitrogens with two attached hydrogens (primary N) is 1. The largest absolute Gasteiger partial charge is 0.490 e. The van der Waals surface area contributed by atoms with Crippen molar-refractivity contribution >= 4 is 0 Å². The van der Waals surface area contributed by atoms with Crippen molar-refractivity contribution < 1.29 is 9.47 Å². The first-order valence-corrected chi connectivity index (χ1v) is 11.6. The van der Waals surface area contributed by atoms with E-state index in [1.54, 1.807) is 0 Å². The highest BCUT2D eigenvalue weighted by Crippen LogP contribution is 2.54. The van der Waals surface area contributed by atoms with Crippen LogP contribution in [0.15, 0.2) is 41.1 Å². The van der Waals surface area contributed by atoms with Gasteiger partial charge in [-0.25, -0.2) is 0 Å². The Morgan fingerprint density at radius 2 is 1.85 bits per heavy atom. The molecule has 0 bridgehead atoms. The number of allylic oxidation sites excluding steroid dienone is 2. The second kappa shape index (κ2) is 10.4. The Kier molecular flexibility index (Phi) is 7.64. The Morgan fingerprint density at radius 3 is 2.45 bits per heavy atom. The second-order valence-corrected chi connectivity index (χ2v) is 8.42. The van der Waals surface area contributed by atoms with E-state index in [9.17, 15) is 15.8 Å². The third kappa shape index (κ3) is 4.28. The van der Waals surface area contributed by atoms with Crippen molar-refractivity contribution in [3.05, 3.63) is 46.7 Å². The highest BCUT2D eigenvalue weighted by atomic mass is 16.5. The van der Waals surface area contributed by atoms with E-state index in [1.165, 1.54) is 0 Å². The number of rotatable bonds is 8. The molecular weight excluding hydrogens is 414 g/mol. The zero-order valence-corrected chi connectivity index (χ0v) is 19.6. The van der Waals surface area contributed by atoms with Gasteiger partial charge < -0.3 is 15.2 Å². The lowest BCUT2D eigenvalue weighted by molar-refractivity contribution is 0.207. The lowest BCUT2D eigenvalue weighted by atomic mass is 9.58. The van der Waals surface area contributed by atoms with Crippen LogP contribution in [0.25, 0.3) is 0 Å². The maximum atomic E-state index is 10.3. The summed E-state index contributed by atoms with van der Waals surface area (Å²) in [6.45, 7) is 9.32. The second-order valence-electron chi connectivity index (χ2n) is 8.42. The van der Waals surface area contributed by atoms with Crippen LogP contribution < -0.4 is 15.2 Å². The summed E-state index contributed by atoms with van der Waals surface area (Å²) in [7, 11) is 0. The molecule has 1 aliphatic heterocycles. The SMILES string of the molecule is CCCOc1ccc([C@H]2[C@H]3CN(CCC)CC=C3C(C#N)=C(N)C2(C#N)C#N)cc1OCC. The molecule has 1 aromatic rings. The Bertz CT molecular complexity index is 1060. The molecule has 3 rings (SSSR count). The summed E-state index contributed by atoms with van der Waals surface area (Å²) in [4.78, 5) is 2.29. The van der Waals surface area contributed by atoms with Crippen LogP contribution in [0.3, 0.4) is 0 Å². The molecule has 1 heterocycles. The number of benzene rings is 1. The molecular formula is C26H31N5O2. The first-order valence-electron chi connectivity index (χ1n) is 11.6. The van der Waals surface area contributed by atoms with Crippen molar-refractivity contribution in [3.63, 3.8) is 0 Å². The minimum Gasteiger partial charge on any atom is -0.490 e. The fourth-order valence-electron chi connectivity index (χ4n) is 4.93. The molecule has 0 saturated heterocycles. The van der Waals surface area contributed by atoms with Gasteiger partial charge in [-0.1, -0.05) is 26.0 Å². The van der Waals surface area contributed by atoms with E-state index in [1.807, 2.05) is 38.1 Å². The van der Waals surface area contributed by atoms with E-state index in [2.05, 4.69) is 30.0 Å². The minimum atomic E-state index is -1.66. The zero-order valence-electron chi connectivity index (χ0n) is 19.6. The van der Waals surface area contributed by atoms with Crippen LogP contribution in [0.5, 0.6) is 11.5 Å². The highest BCUT2D eigenvalue weighted by molar-refractivity contribution is 5.60. The smallest absolute Gasteiger partial charge is 0.191 e. The molecule has 2 N–H and O–H groups in total. The standard InChI is InChI=1S/C26H31N5O2/c1-4-10-31-11-9-19-20(14-27)25(30)26(16-28,17-29)24(21(19)15-31)18-7-8-22(33-12-5-2)23(13-18)32-6-3/h7-9,13,21,24H,4-6,10-12,15,30H2,1-3H3/t21-,24-/m0/s1. The van der Waals surface area contributed by atoms with E-state index in [-0.39, 0.29) is 17.2 Å². The van der Waals surface area contributed by atoms with Gasteiger partial charge >= 0.3 is 0 Å². The maximum Gasteiger partial charge on any atom is 0.191 e. The minimum absolute atomic E-state index is 0.0377. The summed E-state index contributed by atoms with van der Waals surface area (Å²) in [5, 5.41) is 30.4. The number of hydrogen-bond acceptors (Lipinski definition) is 7. The number of hydrogen-bond donors (Lipinski definition) is 1. The van der Waals surface area contributed by atoms with Crippen LogP contribution in [0.2, 0.25) is 0 Å². The van der Waals surface area contributed by atoms with Crippen molar-refractivity contribution in [2.45, 2.75) is 39.5 Å². The van der Waals surface area contributed by atoms with Gasteiger partial charge in [0.15, 0.2) is 16.9 Å². The molecule has 2 aliphatic rings. The number of nitriles is 3. The van der Waals surface area contributed by atoms with Gasteiger partial charge in [0.2, 0.25) is 0 Å². The van der Waals surface area contributed by atoms with Gasteiger partial charge in [-0.2, -0.15) is 15.8 Å². The molecule has 0 saturated carbocycles. The summed E-state index contributed by atoms with van der Waals surface area (Å²) >= 11 is 0. The molecule has 0 unspecified atom stereocenters. The number of fused-ring (bicyclic) bond motifs is 1. The predicted octanol–water partition coefficient (Wildman–Crippen LogP) is 4.01. The molecule has 0 spiro atoms. The quantitative estimate of drug-likeness (QED) is 0.642. The van der Waals surface area contributed by atoms with E-state index in [0.29, 0.717) is 37.8 Å². The molecule has 2 atom stereocenters. The Morgan fingerprint density at radius 1 is 1.09 bits per heavy atom. The number of nitrogens with zero attached hydrogens (tertiary/aromatic N) is 4. The van der Waals surface area contributed by atoms with Gasteiger partial charge in [0.25, 0.3) is 0 Å². The first-order chi connectivity index (χ1) is 16.0. The van der Waals surface area contributed by atoms with Crippen LogP contribution >= 0.6 is 0 Å². The maximum absolute atomic E-state index is 10.3. The summed E-state index contributed by atoms with van der Waals surface area (Å²) in [5.74, 6) is 0.443. The van der Waals surface area contributed by atoms with Crippen LogP contribution in [-0.2, 0) is 0 Å². The Labute approximate surface area is 196 Å². The molecule has 7 nitrogen and oxygen atoms in total. The van der Waals surface area contributed by atoms with Crippen LogP contribution in [-0.4, -0.2) is 37.7 Å². The average Bonchev–Trinajstić information content (AvgIpc) is 2.83. The van der Waals surface area contributed by atoms with Gasteiger partial charge in [0.1, 0.15) is 6.07 Å². The molecule has 33 heavy (non-hydrogen) atoms. The fraction of sp³-hybridized carbons (Fsp3) is 0.500. The lowest BCUT2D eigenvalue weighted by Crippen LogP contribution is -2.48. The zero-order chi connectivity index (χ0) is 24.0. The molecule has 1 aliphatic carbocycles. The van der Waals surface area contributed by atoms with Gasteiger partial charge in [-0.15, -0.1) is 0 Å². The summed E-state index contributed by atoms with van der Waals surface area (Å²) < 4.78 is 11.7. The molecule has 0 aromatic heterocycles. The molecule has 172 valence electrons. The van der Waals surface area contributed by atoms with Crippen molar-refractivity contribution in [2.75, 3.05) is 32.8 Å². The molecule has 0 amide bonds. The van der Waals surface area contributed by atoms with Crippen molar-refractivity contribution in [2.24, 2.45) is 17.1 Å². The predicted molar refractivity (Wildman–Crippen MR) is 125 cm³/mol. The van der Waals surface area contributed by atoms with E-state index >= 15 is 0 Å². The molecule has 1 aromatic carbocycles. The fourth-order valence-corrected chi connectivity index (χ4v) is 4.93. The van der Waals surface area contributed by atoms with Gasteiger partial charge in [-0.05, 0) is 49.6 Å². The Hall–Kier alpha value is -3.47. The van der Waals surface area contributed by atoms with Crippen molar-refractivity contribution in [3.8, 4) is 29.7 Å². The van der Waals surface area contributed by atoms with E-state index < -0.39 is 11.3 Å². The summed E-state index contributed by atoms with van der Waals surface area (Å²) in [6, 6.07) is 12.2. The van der Waals surface area contributed by atoms with Gasteiger partial charge in [0, 0.05) is 24.9 Å². The normalized spacial score (nSPS) is 21.8. The van der Waals surface area contributed by atoms with Gasteiger partial charge in [0.05, 0.1) is 36.6 Å². The van der Waals surface area contributed by atoms with Crippen LogP contribution in [0, 0.1) is 45.3 Å². The topological polar surface area (TPSA) is 119 Å². The van der Waals surface area contributed by atoms with Crippen molar-refractivity contribution in [1.29, 1.82) is 15.8 Å². The lowest BCUT2D eigenvalue weighted by Gasteiger charge is -2.45. The number of ether oxygens (including phenoxy) is 2. The monoisotopic (exact) mass is 445 g/mol. The van der Waals surface area contributed by atoms with Crippen LogP contribution in [0.4, 0.5) is 0 Å². The molecule has 7 heteroatoms. The van der Waals surface area contributed by atoms with Crippen LogP contribution in [0.1, 0.15) is 45.1 Å². The van der Waals surface area contributed by atoms with Crippen molar-refractivity contribution in [1.82, 2.24) is 4.90 Å². The summed E-state index contributed by atoms with van der Waals surface area (Å²) in [6.07, 6.45) is 3.88. The Balaban J connectivity index is 2.22. The first kappa shape index (κ1) is 24.2. The van der Waals surface area contributed by atoms with Gasteiger partial charge in [-0.3, -0.25) is 4.90 Å². The third-order valence-corrected chi connectivity index (χ3v) is 6.37. The molecule has 0 radical (unpaired) electrons. The van der Waals surface area contributed by atoms with E-state index in [4.69, 9.17) is 15.2 Å². The summed E-state index contributed by atoms with van der Waals surface area (Å²) in [5.41, 5.74) is 6.67. The van der Waals surface area contributed by atoms with E-state index in [0.717, 1.165) is 30.5 Å². The average molecular weight is 446 g/mol. The molecule has 0 fully saturated rings.